The molecular formula is C22H23NO3. The summed E-state index contributed by atoms with van der Waals surface area (Å²) in [6.45, 7) is 8.24. The maximum absolute atomic E-state index is 12.6. The molecule has 2 heterocycles. The topological polar surface area (TPSA) is 51.5 Å². The van der Waals surface area contributed by atoms with Crippen molar-refractivity contribution in [1.29, 1.82) is 0 Å². The minimum absolute atomic E-state index is 0.318. The Morgan fingerprint density at radius 1 is 1.00 bits per heavy atom. The molecule has 0 radical (unpaired) electrons. The van der Waals surface area contributed by atoms with Crippen LogP contribution in [-0.4, -0.2) is 5.72 Å². The van der Waals surface area contributed by atoms with Gasteiger partial charge in [-0.15, -0.1) is 0 Å². The molecule has 1 aliphatic heterocycles. The Kier molecular flexibility index (Phi) is 3.62. The number of fused-ring (bicyclic) bond motifs is 3. The molecule has 1 unspecified atom stereocenters. The average Bonchev–Trinajstić information content (AvgIpc) is 2.55. The first-order valence-electron chi connectivity index (χ1n) is 8.88. The van der Waals surface area contributed by atoms with Crippen molar-refractivity contribution in [3.05, 3.63) is 70.1 Å². The summed E-state index contributed by atoms with van der Waals surface area (Å²) in [5.41, 5.74) is 2.00. The van der Waals surface area contributed by atoms with Crippen molar-refractivity contribution in [2.45, 2.75) is 45.3 Å². The third-order valence-corrected chi connectivity index (χ3v) is 5.09. The smallest absolute Gasteiger partial charge is 0.343 e. The lowest BCUT2D eigenvalue weighted by Crippen LogP contribution is -2.51. The predicted octanol–water partition coefficient (Wildman–Crippen LogP) is 4.99. The van der Waals surface area contributed by atoms with Gasteiger partial charge in [-0.2, -0.15) is 0 Å². The van der Waals surface area contributed by atoms with E-state index in [-0.39, 0.29) is 11.0 Å². The standard InChI is InChI=1S/C22H23NO3/c1-14-9-5-7-11-16(14)23-22(4)13-21(2,3)18-19(26-22)15-10-6-8-12-17(15)25-20(18)24/h5-12,23H,13H2,1-4H3. The Hall–Kier alpha value is -2.75. The average molecular weight is 349 g/mol. The highest BCUT2D eigenvalue weighted by Crippen LogP contribution is 2.46. The van der Waals surface area contributed by atoms with Gasteiger partial charge in [0.25, 0.3) is 0 Å². The zero-order valence-electron chi connectivity index (χ0n) is 15.6. The first-order chi connectivity index (χ1) is 12.3. The summed E-state index contributed by atoms with van der Waals surface area (Å²) in [7, 11) is 0. The molecule has 0 saturated heterocycles. The van der Waals surface area contributed by atoms with E-state index in [1.54, 1.807) is 6.07 Å². The summed E-state index contributed by atoms with van der Waals surface area (Å²) in [4.78, 5) is 12.6. The molecule has 1 N–H and O–H groups in total. The van der Waals surface area contributed by atoms with Crippen molar-refractivity contribution in [1.82, 2.24) is 0 Å². The van der Waals surface area contributed by atoms with Gasteiger partial charge in [0.1, 0.15) is 11.3 Å². The molecule has 26 heavy (non-hydrogen) atoms. The van der Waals surface area contributed by atoms with Crippen molar-refractivity contribution in [2.75, 3.05) is 5.32 Å². The third-order valence-electron chi connectivity index (χ3n) is 5.09. The van der Waals surface area contributed by atoms with Crippen molar-refractivity contribution in [3.8, 4) is 5.75 Å². The normalized spacial score (nSPS) is 21.1. The van der Waals surface area contributed by atoms with Gasteiger partial charge in [-0.25, -0.2) is 4.79 Å². The van der Waals surface area contributed by atoms with Crippen LogP contribution in [0.15, 0.2) is 57.7 Å². The molecule has 1 aromatic heterocycles. The summed E-state index contributed by atoms with van der Waals surface area (Å²) in [5.74, 6) is 0.622. The summed E-state index contributed by atoms with van der Waals surface area (Å²) in [6, 6.07) is 15.7. The van der Waals surface area contributed by atoms with Crippen LogP contribution in [-0.2, 0) is 5.41 Å². The Balaban J connectivity index is 1.88. The van der Waals surface area contributed by atoms with Crippen LogP contribution in [0.1, 0.15) is 38.3 Å². The number of benzene rings is 2. The lowest BCUT2D eigenvalue weighted by Gasteiger charge is -2.44. The highest BCUT2D eigenvalue weighted by atomic mass is 16.5. The second-order valence-corrected chi connectivity index (χ2v) is 7.92. The van der Waals surface area contributed by atoms with Crippen LogP contribution in [0.4, 0.5) is 5.69 Å². The lowest BCUT2D eigenvalue weighted by atomic mass is 9.76. The molecule has 1 atom stereocenters. The second kappa shape index (κ2) is 5.63. The second-order valence-electron chi connectivity index (χ2n) is 7.92. The highest BCUT2D eigenvalue weighted by Gasteiger charge is 2.45. The minimum atomic E-state index is -0.640. The Morgan fingerprint density at radius 3 is 2.46 bits per heavy atom. The zero-order chi connectivity index (χ0) is 18.5. The van der Waals surface area contributed by atoms with Crippen molar-refractivity contribution >= 4 is 16.7 Å². The molecule has 4 rings (SSSR count). The molecule has 0 saturated carbocycles. The number of aryl methyl sites for hydroxylation is 1. The lowest BCUT2D eigenvalue weighted by molar-refractivity contribution is 0.0615. The van der Waals surface area contributed by atoms with E-state index >= 15 is 0 Å². The van der Waals surface area contributed by atoms with Gasteiger partial charge in [-0.05, 0) is 37.6 Å². The van der Waals surface area contributed by atoms with E-state index in [1.165, 1.54) is 0 Å². The number of ether oxygens (including phenoxy) is 1. The maximum Gasteiger partial charge on any atom is 0.343 e. The van der Waals surface area contributed by atoms with Gasteiger partial charge in [-0.3, -0.25) is 0 Å². The molecule has 0 spiro atoms. The largest absolute Gasteiger partial charge is 0.467 e. The summed E-state index contributed by atoms with van der Waals surface area (Å²) >= 11 is 0. The first kappa shape index (κ1) is 16.7. The van der Waals surface area contributed by atoms with Crippen LogP contribution in [0.2, 0.25) is 0 Å². The molecule has 0 amide bonds. The van der Waals surface area contributed by atoms with Crippen LogP contribution in [0.3, 0.4) is 0 Å². The van der Waals surface area contributed by atoms with E-state index in [2.05, 4.69) is 32.2 Å². The fraction of sp³-hybridized carbons (Fsp3) is 0.318. The summed E-state index contributed by atoms with van der Waals surface area (Å²) < 4.78 is 12.0. The van der Waals surface area contributed by atoms with Crippen LogP contribution in [0.5, 0.6) is 5.75 Å². The number of rotatable bonds is 2. The van der Waals surface area contributed by atoms with Gasteiger partial charge in [0, 0.05) is 17.5 Å². The Labute approximate surface area is 152 Å². The third kappa shape index (κ3) is 2.66. The molecule has 0 fully saturated rings. The van der Waals surface area contributed by atoms with Crippen LogP contribution in [0.25, 0.3) is 11.0 Å². The molecular weight excluding hydrogens is 326 g/mol. The van der Waals surface area contributed by atoms with E-state index in [0.29, 0.717) is 23.3 Å². The van der Waals surface area contributed by atoms with Gasteiger partial charge in [0.2, 0.25) is 0 Å². The van der Waals surface area contributed by atoms with E-state index in [4.69, 9.17) is 9.15 Å². The predicted molar refractivity (Wildman–Crippen MR) is 104 cm³/mol. The number of nitrogens with one attached hydrogen (secondary N) is 1. The molecule has 2 aromatic carbocycles. The van der Waals surface area contributed by atoms with Crippen LogP contribution in [0, 0.1) is 6.92 Å². The number of hydrogen-bond donors (Lipinski definition) is 1. The van der Waals surface area contributed by atoms with Crippen molar-refractivity contribution in [3.63, 3.8) is 0 Å². The van der Waals surface area contributed by atoms with E-state index in [9.17, 15) is 4.79 Å². The molecule has 0 aliphatic carbocycles. The number of hydrogen-bond acceptors (Lipinski definition) is 4. The molecule has 4 heteroatoms. The van der Waals surface area contributed by atoms with E-state index in [0.717, 1.165) is 16.6 Å². The Bertz CT molecular complexity index is 1050. The van der Waals surface area contributed by atoms with Crippen molar-refractivity contribution in [2.24, 2.45) is 0 Å². The highest BCUT2D eigenvalue weighted by molar-refractivity contribution is 5.85. The molecule has 3 aromatic rings. The quantitative estimate of drug-likeness (QED) is 0.662. The van der Waals surface area contributed by atoms with Crippen molar-refractivity contribution < 1.29 is 9.15 Å². The molecule has 4 nitrogen and oxygen atoms in total. The van der Waals surface area contributed by atoms with E-state index in [1.807, 2.05) is 43.3 Å². The monoisotopic (exact) mass is 349 g/mol. The molecule has 0 bridgehead atoms. The molecule has 1 aliphatic rings. The molecule has 134 valence electrons. The number of para-hydroxylation sites is 2. The van der Waals surface area contributed by atoms with Gasteiger partial charge in [0.15, 0.2) is 5.72 Å². The van der Waals surface area contributed by atoms with E-state index < -0.39 is 5.72 Å². The summed E-state index contributed by atoms with van der Waals surface area (Å²) in [6.07, 6.45) is 0.643. The zero-order valence-corrected chi connectivity index (χ0v) is 15.6. The maximum atomic E-state index is 12.6. The fourth-order valence-corrected chi connectivity index (χ4v) is 4.07. The SMILES string of the molecule is Cc1ccccc1NC1(C)CC(C)(C)c2c(c3ccccc3oc2=O)O1. The van der Waals surface area contributed by atoms with Gasteiger partial charge in [0.05, 0.1) is 10.9 Å². The minimum Gasteiger partial charge on any atom is -0.467 e. The van der Waals surface area contributed by atoms with Gasteiger partial charge < -0.3 is 14.5 Å². The van der Waals surface area contributed by atoms with Gasteiger partial charge >= 0.3 is 5.63 Å². The first-order valence-corrected chi connectivity index (χ1v) is 8.88. The fourth-order valence-electron chi connectivity index (χ4n) is 4.07. The van der Waals surface area contributed by atoms with Gasteiger partial charge in [-0.1, -0.05) is 44.2 Å². The van der Waals surface area contributed by atoms with Crippen LogP contribution < -0.4 is 15.7 Å². The Morgan fingerprint density at radius 2 is 1.69 bits per heavy atom. The van der Waals surface area contributed by atoms with Crippen LogP contribution >= 0.6 is 0 Å². The number of anilines is 1. The summed E-state index contributed by atoms with van der Waals surface area (Å²) in [5, 5.41) is 4.38.